The molecule has 3 heteroatoms. The number of aromatic nitrogens is 1. The van der Waals surface area contributed by atoms with Crippen LogP contribution in [-0.4, -0.2) is 4.98 Å². The number of hydrogen-bond donors (Lipinski definition) is 1. The molecule has 0 atom stereocenters. The van der Waals surface area contributed by atoms with E-state index < -0.39 is 0 Å². The molecule has 86 valence electrons. The number of nitrogen functional groups attached to an aromatic ring is 1. The van der Waals surface area contributed by atoms with Gasteiger partial charge in [-0.25, -0.2) is 4.39 Å². The summed E-state index contributed by atoms with van der Waals surface area (Å²) in [6.45, 7) is 0. The van der Waals surface area contributed by atoms with Crippen molar-refractivity contribution in [2.75, 3.05) is 5.73 Å². The summed E-state index contributed by atoms with van der Waals surface area (Å²) in [4.78, 5) is 3.90. The maximum absolute atomic E-state index is 13.2. The van der Waals surface area contributed by atoms with Crippen LogP contribution in [0.5, 0.6) is 0 Å². The number of pyridine rings is 1. The lowest BCUT2D eigenvalue weighted by Gasteiger charge is -2.09. The van der Waals surface area contributed by atoms with Crippen molar-refractivity contribution in [1.82, 2.24) is 4.98 Å². The quantitative estimate of drug-likeness (QED) is 0.800. The second-order valence-corrected chi connectivity index (χ2v) is 4.51. The van der Waals surface area contributed by atoms with Gasteiger partial charge in [-0.15, -0.1) is 0 Å². The van der Waals surface area contributed by atoms with E-state index in [-0.39, 0.29) is 5.82 Å². The maximum atomic E-state index is 13.2. The third-order valence-electron chi connectivity index (χ3n) is 3.11. The Hall–Kier alpha value is -1.90. The van der Waals surface area contributed by atoms with Gasteiger partial charge in [-0.05, 0) is 48.1 Å². The standard InChI is InChI=1S/C14H13FN2/c15-11-5-10(7-17-8-11)14-6-12(16)3-4-13(14)9-1-2-9/h3-9H,1-2,16H2. The predicted molar refractivity (Wildman–Crippen MR) is 66.0 cm³/mol. The molecule has 0 spiro atoms. The van der Waals surface area contributed by atoms with Crippen LogP contribution in [-0.2, 0) is 0 Å². The first kappa shape index (κ1) is 10.3. The van der Waals surface area contributed by atoms with Crippen molar-refractivity contribution in [3.63, 3.8) is 0 Å². The predicted octanol–water partition coefficient (Wildman–Crippen LogP) is 3.35. The summed E-state index contributed by atoms with van der Waals surface area (Å²) in [6, 6.07) is 7.37. The first-order valence-electron chi connectivity index (χ1n) is 5.74. The molecule has 0 radical (unpaired) electrons. The van der Waals surface area contributed by atoms with Gasteiger partial charge in [-0.3, -0.25) is 4.98 Å². The maximum Gasteiger partial charge on any atom is 0.142 e. The van der Waals surface area contributed by atoms with Gasteiger partial charge in [-0.1, -0.05) is 6.07 Å². The zero-order chi connectivity index (χ0) is 11.8. The van der Waals surface area contributed by atoms with Crippen molar-refractivity contribution >= 4 is 5.69 Å². The molecular weight excluding hydrogens is 215 g/mol. The minimum Gasteiger partial charge on any atom is -0.399 e. The minimum atomic E-state index is -0.313. The number of benzene rings is 1. The number of anilines is 1. The molecule has 2 aromatic rings. The van der Waals surface area contributed by atoms with Crippen LogP contribution in [0.4, 0.5) is 10.1 Å². The summed E-state index contributed by atoms with van der Waals surface area (Å²) in [5.74, 6) is 0.292. The van der Waals surface area contributed by atoms with Gasteiger partial charge in [0.2, 0.25) is 0 Å². The molecule has 1 aromatic heterocycles. The highest BCUT2D eigenvalue weighted by molar-refractivity contribution is 5.71. The van der Waals surface area contributed by atoms with Gasteiger partial charge in [0, 0.05) is 17.4 Å². The molecule has 1 heterocycles. The van der Waals surface area contributed by atoms with Crippen LogP contribution < -0.4 is 5.73 Å². The fourth-order valence-electron chi connectivity index (χ4n) is 2.13. The average molecular weight is 228 g/mol. The molecule has 1 aliphatic rings. The van der Waals surface area contributed by atoms with Crippen molar-refractivity contribution in [2.45, 2.75) is 18.8 Å². The molecule has 1 aliphatic carbocycles. The molecule has 0 bridgehead atoms. The molecule has 1 aromatic carbocycles. The normalized spacial score (nSPS) is 14.9. The average Bonchev–Trinajstić information content (AvgIpc) is 3.13. The van der Waals surface area contributed by atoms with Gasteiger partial charge < -0.3 is 5.73 Å². The van der Waals surface area contributed by atoms with Gasteiger partial charge in [-0.2, -0.15) is 0 Å². The number of nitrogens with zero attached hydrogens (tertiary/aromatic N) is 1. The van der Waals surface area contributed by atoms with Crippen LogP contribution in [0.2, 0.25) is 0 Å². The van der Waals surface area contributed by atoms with E-state index in [2.05, 4.69) is 4.98 Å². The van der Waals surface area contributed by atoms with Crippen LogP contribution in [0, 0.1) is 5.82 Å². The van der Waals surface area contributed by atoms with E-state index in [1.807, 2.05) is 18.2 Å². The molecule has 0 aliphatic heterocycles. The first-order valence-corrected chi connectivity index (χ1v) is 5.74. The lowest BCUT2D eigenvalue weighted by atomic mass is 9.97. The Labute approximate surface area is 99.3 Å². The number of hydrogen-bond acceptors (Lipinski definition) is 2. The highest BCUT2D eigenvalue weighted by Gasteiger charge is 2.26. The Balaban J connectivity index is 2.15. The molecule has 2 nitrogen and oxygen atoms in total. The Morgan fingerprint density at radius 3 is 2.71 bits per heavy atom. The van der Waals surface area contributed by atoms with E-state index >= 15 is 0 Å². The third kappa shape index (κ3) is 2.00. The van der Waals surface area contributed by atoms with E-state index in [9.17, 15) is 4.39 Å². The summed E-state index contributed by atoms with van der Waals surface area (Å²) in [6.07, 6.45) is 5.32. The van der Waals surface area contributed by atoms with Crippen molar-refractivity contribution in [2.24, 2.45) is 0 Å². The van der Waals surface area contributed by atoms with E-state index in [4.69, 9.17) is 5.73 Å². The Morgan fingerprint density at radius 1 is 1.18 bits per heavy atom. The Kier molecular flexibility index (Phi) is 2.32. The number of nitrogens with two attached hydrogens (primary N) is 1. The largest absolute Gasteiger partial charge is 0.399 e. The smallest absolute Gasteiger partial charge is 0.142 e. The van der Waals surface area contributed by atoms with Crippen LogP contribution in [0.25, 0.3) is 11.1 Å². The molecule has 0 amide bonds. The third-order valence-corrected chi connectivity index (χ3v) is 3.11. The van der Waals surface area contributed by atoms with Crippen LogP contribution in [0.3, 0.4) is 0 Å². The Bertz CT molecular complexity index is 562. The molecule has 17 heavy (non-hydrogen) atoms. The van der Waals surface area contributed by atoms with Crippen LogP contribution >= 0.6 is 0 Å². The number of rotatable bonds is 2. The molecule has 1 fully saturated rings. The molecule has 0 saturated heterocycles. The van der Waals surface area contributed by atoms with Crippen LogP contribution in [0.1, 0.15) is 24.3 Å². The second kappa shape index (κ2) is 3.84. The van der Waals surface area contributed by atoms with Crippen molar-refractivity contribution in [3.05, 3.63) is 48.0 Å². The summed E-state index contributed by atoms with van der Waals surface area (Å²) >= 11 is 0. The fraction of sp³-hybridized carbons (Fsp3) is 0.214. The molecule has 1 saturated carbocycles. The molecule has 2 N–H and O–H groups in total. The van der Waals surface area contributed by atoms with Gasteiger partial charge >= 0.3 is 0 Å². The summed E-state index contributed by atoms with van der Waals surface area (Å²) < 4.78 is 13.2. The van der Waals surface area contributed by atoms with E-state index in [0.29, 0.717) is 11.6 Å². The molecule has 3 rings (SSSR count). The summed E-state index contributed by atoms with van der Waals surface area (Å²) in [5.41, 5.74) is 9.59. The SMILES string of the molecule is Nc1ccc(C2CC2)c(-c2cncc(F)c2)c1. The van der Waals surface area contributed by atoms with Gasteiger partial charge in [0.05, 0.1) is 6.20 Å². The van der Waals surface area contributed by atoms with Gasteiger partial charge in [0.25, 0.3) is 0 Å². The van der Waals surface area contributed by atoms with Crippen LogP contribution in [0.15, 0.2) is 36.7 Å². The van der Waals surface area contributed by atoms with E-state index in [1.54, 1.807) is 6.20 Å². The zero-order valence-electron chi connectivity index (χ0n) is 9.36. The lowest BCUT2D eigenvalue weighted by Crippen LogP contribution is -1.92. The summed E-state index contributed by atoms with van der Waals surface area (Å²) in [5, 5.41) is 0. The molecule has 0 unspecified atom stereocenters. The highest BCUT2D eigenvalue weighted by atomic mass is 19.1. The fourth-order valence-corrected chi connectivity index (χ4v) is 2.13. The highest BCUT2D eigenvalue weighted by Crippen LogP contribution is 2.44. The number of halogens is 1. The molecular formula is C14H13FN2. The van der Waals surface area contributed by atoms with Crippen molar-refractivity contribution < 1.29 is 4.39 Å². The topological polar surface area (TPSA) is 38.9 Å². The zero-order valence-corrected chi connectivity index (χ0v) is 9.36. The first-order chi connectivity index (χ1) is 8.24. The Morgan fingerprint density at radius 2 is 2.00 bits per heavy atom. The van der Waals surface area contributed by atoms with Crippen molar-refractivity contribution in [1.29, 1.82) is 0 Å². The van der Waals surface area contributed by atoms with Gasteiger partial charge in [0.1, 0.15) is 5.82 Å². The second-order valence-electron chi connectivity index (χ2n) is 4.51. The van der Waals surface area contributed by atoms with Gasteiger partial charge in [0.15, 0.2) is 0 Å². The minimum absolute atomic E-state index is 0.313. The van der Waals surface area contributed by atoms with E-state index in [0.717, 1.165) is 11.1 Å². The lowest BCUT2D eigenvalue weighted by molar-refractivity contribution is 0.622. The summed E-state index contributed by atoms with van der Waals surface area (Å²) in [7, 11) is 0. The van der Waals surface area contributed by atoms with Crippen molar-refractivity contribution in [3.8, 4) is 11.1 Å². The van der Waals surface area contributed by atoms with E-state index in [1.165, 1.54) is 30.7 Å². The monoisotopic (exact) mass is 228 g/mol.